The van der Waals surface area contributed by atoms with Gasteiger partial charge in [-0.1, -0.05) is 12.1 Å². The van der Waals surface area contributed by atoms with Gasteiger partial charge in [0, 0.05) is 6.54 Å². The molecule has 0 spiro atoms. The monoisotopic (exact) mass is 221 g/mol. The number of benzene rings is 1. The molecule has 5 heteroatoms. The summed E-state index contributed by atoms with van der Waals surface area (Å²) in [6.07, 6.45) is -0.436. The van der Waals surface area contributed by atoms with Crippen molar-refractivity contribution in [2.75, 3.05) is 6.54 Å². The van der Waals surface area contributed by atoms with Crippen LogP contribution >= 0.6 is 0 Å². The van der Waals surface area contributed by atoms with Gasteiger partial charge in [0.25, 0.3) is 0 Å². The molecule has 2 N–H and O–H groups in total. The number of hydrogen-bond donors (Lipinski definition) is 2. The highest BCUT2D eigenvalue weighted by Crippen LogP contribution is 2.22. The van der Waals surface area contributed by atoms with E-state index in [1.165, 1.54) is 11.0 Å². The second kappa shape index (κ2) is 3.84. The Labute approximate surface area is 91.9 Å². The first-order valence-electron chi connectivity index (χ1n) is 4.91. The number of carboxylic acids is 1. The third-order valence-corrected chi connectivity index (χ3v) is 2.77. The van der Waals surface area contributed by atoms with Crippen molar-refractivity contribution in [1.82, 2.24) is 4.90 Å². The molecule has 0 fully saturated rings. The predicted molar refractivity (Wildman–Crippen MR) is 55.5 cm³/mol. The van der Waals surface area contributed by atoms with E-state index in [2.05, 4.69) is 0 Å². The Morgan fingerprint density at radius 1 is 1.25 bits per heavy atom. The van der Waals surface area contributed by atoms with Crippen LogP contribution in [0.1, 0.15) is 21.5 Å². The Morgan fingerprint density at radius 3 is 2.62 bits per heavy atom. The van der Waals surface area contributed by atoms with Gasteiger partial charge in [-0.05, 0) is 23.6 Å². The number of carbonyl (C=O) groups is 2. The maximum Gasteiger partial charge on any atom is 0.407 e. The fourth-order valence-corrected chi connectivity index (χ4v) is 1.94. The van der Waals surface area contributed by atoms with E-state index in [0.717, 1.165) is 5.56 Å². The number of aromatic carboxylic acids is 1. The summed E-state index contributed by atoms with van der Waals surface area (Å²) in [5, 5.41) is 17.9. The van der Waals surface area contributed by atoms with Crippen LogP contribution in [0.25, 0.3) is 0 Å². The quantitative estimate of drug-likeness (QED) is 0.751. The highest BCUT2D eigenvalue weighted by atomic mass is 16.4. The van der Waals surface area contributed by atoms with Crippen LogP contribution in [0.15, 0.2) is 18.2 Å². The minimum atomic E-state index is -1.01. The summed E-state index contributed by atoms with van der Waals surface area (Å²) in [6, 6.07) is 5.05. The van der Waals surface area contributed by atoms with E-state index in [-0.39, 0.29) is 12.1 Å². The summed E-state index contributed by atoms with van der Waals surface area (Å²) in [5.41, 5.74) is 1.74. The molecule has 5 nitrogen and oxygen atoms in total. The van der Waals surface area contributed by atoms with Crippen molar-refractivity contribution >= 4 is 12.1 Å². The third-order valence-electron chi connectivity index (χ3n) is 2.77. The number of carboxylic acid groups (broad SMARTS) is 2. The van der Waals surface area contributed by atoms with Gasteiger partial charge >= 0.3 is 12.1 Å². The SMILES string of the molecule is O=C(O)c1cccc2c1CN(C(=O)O)CC2. The number of rotatable bonds is 1. The number of fused-ring (bicyclic) bond motifs is 1. The molecule has 0 aromatic heterocycles. The Balaban J connectivity index is 2.41. The predicted octanol–water partition coefficient (Wildman–Crippen LogP) is 1.42. The van der Waals surface area contributed by atoms with E-state index in [1.807, 2.05) is 6.07 Å². The molecule has 0 atom stereocenters. The standard InChI is InChI=1S/C11H11NO4/c13-10(14)8-3-1-2-7-4-5-12(11(15)16)6-9(7)8/h1-3H,4-6H2,(H,13,14)(H,15,16). The minimum absolute atomic E-state index is 0.160. The Hall–Kier alpha value is -2.04. The smallest absolute Gasteiger partial charge is 0.407 e. The number of hydrogen-bond acceptors (Lipinski definition) is 2. The van der Waals surface area contributed by atoms with Crippen LogP contribution in [0.4, 0.5) is 4.79 Å². The van der Waals surface area contributed by atoms with E-state index in [4.69, 9.17) is 10.2 Å². The molecule has 1 aromatic carbocycles. The maximum atomic E-state index is 11.0. The largest absolute Gasteiger partial charge is 0.478 e. The van der Waals surface area contributed by atoms with E-state index >= 15 is 0 Å². The van der Waals surface area contributed by atoms with Gasteiger partial charge < -0.3 is 15.1 Å². The summed E-state index contributed by atoms with van der Waals surface area (Å²) in [4.78, 5) is 23.0. The van der Waals surface area contributed by atoms with Gasteiger partial charge in [0.1, 0.15) is 0 Å². The van der Waals surface area contributed by atoms with E-state index < -0.39 is 12.1 Å². The molecule has 16 heavy (non-hydrogen) atoms. The van der Waals surface area contributed by atoms with Crippen LogP contribution < -0.4 is 0 Å². The number of nitrogens with zero attached hydrogens (tertiary/aromatic N) is 1. The van der Waals surface area contributed by atoms with E-state index in [1.54, 1.807) is 6.07 Å². The van der Waals surface area contributed by atoms with Gasteiger partial charge in [-0.15, -0.1) is 0 Å². The molecule has 0 bridgehead atoms. The zero-order chi connectivity index (χ0) is 11.7. The number of amides is 1. The summed E-state index contributed by atoms with van der Waals surface area (Å²) >= 11 is 0. The first-order valence-corrected chi connectivity index (χ1v) is 4.91. The normalized spacial score (nSPS) is 14.4. The topological polar surface area (TPSA) is 77.8 Å². The van der Waals surface area contributed by atoms with Gasteiger partial charge in [-0.3, -0.25) is 0 Å². The highest BCUT2D eigenvalue weighted by molar-refractivity contribution is 5.90. The Morgan fingerprint density at radius 2 is 2.00 bits per heavy atom. The van der Waals surface area contributed by atoms with Crippen molar-refractivity contribution in [3.8, 4) is 0 Å². The lowest BCUT2D eigenvalue weighted by atomic mass is 9.95. The fourth-order valence-electron chi connectivity index (χ4n) is 1.94. The molecule has 1 aromatic rings. The first kappa shape index (κ1) is 10.5. The average Bonchev–Trinajstić information content (AvgIpc) is 2.27. The van der Waals surface area contributed by atoms with Crippen LogP contribution in [-0.2, 0) is 13.0 Å². The average molecular weight is 221 g/mol. The lowest BCUT2D eigenvalue weighted by molar-refractivity contribution is 0.0692. The fraction of sp³-hybridized carbons (Fsp3) is 0.273. The zero-order valence-corrected chi connectivity index (χ0v) is 8.51. The van der Waals surface area contributed by atoms with Crippen molar-refractivity contribution < 1.29 is 19.8 Å². The summed E-state index contributed by atoms with van der Waals surface area (Å²) in [5.74, 6) is -1.01. The molecule has 0 saturated heterocycles. The molecule has 0 radical (unpaired) electrons. The molecule has 1 heterocycles. The molecule has 1 aliphatic rings. The molecule has 0 saturated carbocycles. The van der Waals surface area contributed by atoms with Crippen molar-refractivity contribution in [3.63, 3.8) is 0 Å². The maximum absolute atomic E-state index is 11.0. The molecule has 0 aliphatic carbocycles. The highest BCUT2D eigenvalue weighted by Gasteiger charge is 2.23. The van der Waals surface area contributed by atoms with Crippen LogP contribution in [0, 0.1) is 0 Å². The zero-order valence-electron chi connectivity index (χ0n) is 8.51. The van der Waals surface area contributed by atoms with Gasteiger partial charge in [-0.25, -0.2) is 9.59 Å². The molecular formula is C11H11NO4. The van der Waals surface area contributed by atoms with Gasteiger partial charge in [0.2, 0.25) is 0 Å². The Bertz CT molecular complexity index is 455. The van der Waals surface area contributed by atoms with Crippen LogP contribution in [-0.4, -0.2) is 33.7 Å². The van der Waals surface area contributed by atoms with Gasteiger partial charge in [0.05, 0.1) is 12.1 Å². The van der Waals surface area contributed by atoms with E-state index in [9.17, 15) is 9.59 Å². The summed E-state index contributed by atoms with van der Waals surface area (Å²) < 4.78 is 0. The van der Waals surface area contributed by atoms with E-state index in [0.29, 0.717) is 18.5 Å². The second-order valence-electron chi connectivity index (χ2n) is 3.70. The molecule has 2 rings (SSSR count). The van der Waals surface area contributed by atoms with Crippen molar-refractivity contribution in [2.24, 2.45) is 0 Å². The van der Waals surface area contributed by atoms with Crippen LogP contribution in [0.3, 0.4) is 0 Å². The van der Waals surface area contributed by atoms with Gasteiger partial charge in [0.15, 0.2) is 0 Å². The van der Waals surface area contributed by atoms with Crippen molar-refractivity contribution in [1.29, 1.82) is 0 Å². The molecule has 84 valence electrons. The minimum Gasteiger partial charge on any atom is -0.478 e. The summed E-state index contributed by atoms with van der Waals surface area (Å²) in [6.45, 7) is 0.582. The molecule has 1 aliphatic heterocycles. The molecule has 0 unspecified atom stereocenters. The second-order valence-corrected chi connectivity index (χ2v) is 3.70. The van der Waals surface area contributed by atoms with Crippen LogP contribution in [0.5, 0.6) is 0 Å². The third kappa shape index (κ3) is 1.71. The van der Waals surface area contributed by atoms with Crippen LogP contribution in [0.2, 0.25) is 0 Å². The Kier molecular flexibility index (Phi) is 2.52. The van der Waals surface area contributed by atoms with Crippen molar-refractivity contribution in [2.45, 2.75) is 13.0 Å². The summed E-state index contributed by atoms with van der Waals surface area (Å²) in [7, 11) is 0. The molecule has 1 amide bonds. The lowest BCUT2D eigenvalue weighted by Crippen LogP contribution is -2.35. The lowest BCUT2D eigenvalue weighted by Gasteiger charge is -2.27. The first-order chi connectivity index (χ1) is 7.59. The molecular weight excluding hydrogens is 210 g/mol. The van der Waals surface area contributed by atoms with Crippen molar-refractivity contribution in [3.05, 3.63) is 34.9 Å². The van der Waals surface area contributed by atoms with Gasteiger partial charge in [-0.2, -0.15) is 0 Å².